The number of rotatable bonds is 8. The fourth-order valence-corrected chi connectivity index (χ4v) is 2.92. The molecule has 28 heavy (non-hydrogen) atoms. The predicted molar refractivity (Wildman–Crippen MR) is 86.6 cm³/mol. The van der Waals surface area contributed by atoms with E-state index in [9.17, 15) is 35.4 Å². The SMILES string of the molecule is CCNCOC1OC(CO)C(OC2OC(C(=O)O)C(O)C(O)C2O)C(O)C1O. The zero-order valence-corrected chi connectivity index (χ0v) is 15.1. The number of aliphatic carboxylic acids is 1. The van der Waals surface area contributed by atoms with Crippen LogP contribution in [0, 0.1) is 0 Å². The highest BCUT2D eigenvalue weighted by Crippen LogP contribution is 2.29. The lowest BCUT2D eigenvalue weighted by Gasteiger charge is -2.45. The lowest BCUT2D eigenvalue weighted by Crippen LogP contribution is -2.65. The Balaban J connectivity index is 2.09. The topological polar surface area (TPSA) is 208 Å². The predicted octanol–water partition coefficient (Wildman–Crippen LogP) is -4.71. The van der Waals surface area contributed by atoms with Crippen molar-refractivity contribution in [3.8, 4) is 0 Å². The van der Waals surface area contributed by atoms with Crippen molar-refractivity contribution < 1.29 is 59.5 Å². The zero-order chi connectivity index (χ0) is 21.0. The second-order valence-corrected chi connectivity index (χ2v) is 6.46. The third kappa shape index (κ3) is 4.95. The summed E-state index contributed by atoms with van der Waals surface area (Å²) in [5, 5.41) is 71.4. The summed E-state index contributed by atoms with van der Waals surface area (Å²) in [6.07, 6.45) is -16.6. The van der Waals surface area contributed by atoms with Crippen molar-refractivity contribution in [2.45, 2.75) is 68.3 Å². The highest BCUT2D eigenvalue weighted by Gasteiger charge is 2.52. The van der Waals surface area contributed by atoms with Crippen LogP contribution in [0.5, 0.6) is 0 Å². The van der Waals surface area contributed by atoms with Crippen LogP contribution in [-0.4, -0.2) is 123 Å². The van der Waals surface area contributed by atoms with Gasteiger partial charge in [0.25, 0.3) is 0 Å². The fourth-order valence-electron chi connectivity index (χ4n) is 2.92. The fraction of sp³-hybridized carbons (Fsp3) is 0.933. The van der Waals surface area contributed by atoms with Crippen molar-refractivity contribution in [1.82, 2.24) is 5.32 Å². The first-order valence-electron chi connectivity index (χ1n) is 8.75. The quantitative estimate of drug-likeness (QED) is 0.139. The molecule has 2 rings (SSSR count). The number of carboxylic acids is 1. The number of ether oxygens (including phenoxy) is 4. The summed E-state index contributed by atoms with van der Waals surface area (Å²) in [5.74, 6) is -1.61. The number of carboxylic acid groups (broad SMARTS) is 1. The average molecular weight is 413 g/mol. The highest BCUT2D eigenvalue weighted by molar-refractivity contribution is 5.73. The molecule has 13 nitrogen and oxygen atoms in total. The van der Waals surface area contributed by atoms with Crippen molar-refractivity contribution in [2.24, 2.45) is 0 Å². The second-order valence-electron chi connectivity index (χ2n) is 6.46. The van der Waals surface area contributed by atoms with Gasteiger partial charge in [0, 0.05) is 0 Å². The van der Waals surface area contributed by atoms with E-state index in [0.29, 0.717) is 6.54 Å². The van der Waals surface area contributed by atoms with Crippen LogP contribution >= 0.6 is 0 Å². The van der Waals surface area contributed by atoms with Gasteiger partial charge in [-0.2, -0.15) is 0 Å². The standard InChI is InChI=1S/C15H27NO12/c1-2-16-4-25-14-10(22)8(20)11(5(3-17)26-14)27-15-9(21)6(18)7(19)12(28-15)13(23)24/h5-12,14-22H,2-4H2,1H3,(H,23,24). The van der Waals surface area contributed by atoms with Gasteiger partial charge in [0.2, 0.25) is 0 Å². The van der Waals surface area contributed by atoms with Crippen LogP contribution in [0.4, 0.5) is 0 Å². The Morgan fingerprint density at radius 2 is 1.61 bits per heavy atom. The van der Waals surface area contributed by atoms with E-state index in [1.54, 1.807) is 0 Å². The summed E-state index contributed by atoms with van der Waals surface area (Å²) < 4.78 is 20.9. The van der Waals surface area contributed by atoms with Gasteiger partial charge in [0.15, 0.2) is 18.7 Å². The minimum absolute atomic E-state index is 0.00341. The molecule has 0 aromatic heterocycles. The van der Waals surface area contributed by atoms with E-state index < -0.39 is 74.0 Å². The monoisotopic (exact) mass is 413 g/mol. The van der Waals surface area contributed by atoms with E-state index in [2.05, 4.69) is 5.32 Å². The van der Waals surface area contributed by atoms with Crippen molar-refractivity contribution in [3.05, 3.63) is 0 Å². The molecule has 13 heteroatoms. The van der Waals surface area contributed by atoms with E-state index in [-0.39, 0.29) is 6.73 Å². The normalized spacial score (nSPS) is 44.4. The van der Waals surface area contributed by atoms with Crippen LogP contribution in [0.3, 0.4) is 0 Å². The van der Waals surface area contributed by atoms with Crippen LogP contribution < -0.4 is 5.32 Å². The first kappa shape index (κ1) is 23.3. The molecular formula is C15H27NO12. The molecule has 2 heterocycles. The molecule has 10 atom stereocenters. The van der Waals surface area contributed by atoms with Crippen molar-refractivity contribution in [3.63, 3.8) is 0 Å². The number of carbonyl (C=O) groups is 1. The molecule has 2 aliphatic rings. The highest BCUT2D eigenvalue weighted by atomic mass is 16.7. The Bertz CT molecular complexity index is 507. The summed E-state index contributed by atoms with van der Waals surface area (Å²) in [6.45, 7) is 1.73. The molecule has 2 fully saturated rings. The second kappa shape index (κ2) is 10.2. The molecule has 0 aromatic rings. The van der Waals surface area contributed by atoms with Gasteiger partial charge in [-0.15, -0.1) is 0 Å². The Morgan fingerprint density at radius 1 is 0.964 bits per heavy atom. The smallest absolute Gasteiger partial charge is 0.335 e. The molecule has 0 bridgehead atoms. The first-order valence-corrected chi connectivity index (χ1v) is 8.75. The van der Waals surface area contributed by atoms with Crippen LogP contribution in [0.25, 0.3) is 0 Å². The van der Waals surface area contributed by atoms with Crippen LogP contribution in [0.2, 0.25) is 0 Å². The molecule has 0 amide bonds. The van der Waals surface area contributed by atoms with Gasteiger partial charge in [0.05, 0.1) is 13.3 Å². The van der Waals surface area contributed by atoms with Gasteiger partial charge in [-0.1, -0.05) is 6.92 Å². The van der Waals surface area contributed by atoms with Crippen molar-refractivity contribution >= 4 is 5.97 Å². The van der Waals surface area contributed by atoms with E-state index in [1.165, 1.54) is 0 Å². The number of aliphatic hydroxyl groups is 6. The van der Waals surface area contributed by atoms with E-state index in [0.717, 1.165) is 0 Å². The number of nitrogens with one attached hydrogen (secondary N) is 1. The molecule has 8 N–H and O–H groups in total. The Hall–Kier alpha value is -0.970. The number of hydrogen-bond donors (Lipinski definition) is 8. The molecule has 2 aliphatic heterocycles. The Labute approximate surface area is 160 Å². The van der Waals surface area contributed by atoms with Gasteiger partial charge in [0.1, 0.15) is 42.7 Å². The van der Waals surface area contributed by atoms with Crippen LogP contribution in [-0.2, 0) is 23.7 Å². The Kier molecular flexibility index (Phi) is 8.47. The van der Waals surface area contributed by atoms with Crippen LogP contribution in [0.1, 0.15) is 6.92 Å². The molecule has 164 valence electrons. The Morgan fingerprint density at radius 3 is 2.18 bits per heavy atom. The lowest BCUT2D eigenvalue weighted by atomic mass is 9.97. The molecule has 10 unspecified atom stereocenters. The van der Waals surface area contributed by atoms with Gasteiger partial charge >= 0.3 is 5.97 Å². The minimum Gasteiger partial charge on any atom is -0.479 e. The van der Waals surface area contributed by atoms with E-state index in [4.69, 9.17) is 24.1 Å². The lowest BCUT2D eigenvalue weighted by molar-refractivity contribution is -0.356. The summed E-state index contributed by atoms with van der Waals surface area (Å²) >= 11 is 0. The van der Waals surface area contributed by atoms with E-state index >= 15 is 0 Å². The maximum atomic E-state index is 11.1. The molecule has 0 spiro atoms. The van der Waals surface area contributed by atoms with E-state index in [1.807, 2.05) is 6.92 Å². The van der Waals surface area contributed by atoms with Crippen molar-refractivity contribution in [1.29, 1.82) is 0 Å². The third-order valence-corrected chi connectivity index (χ3v) is 4.52. The average Bonchev–Trinajstić information content (AvgIpc) is 2.66. The molecule has 0 saturated carbocycles. The van der Waals surface area contributed by atoms with Gasteiger partial charge in [-0.05, 0) is 6.54 Å². The third-order valence-electron chi connectivity index (χ3n) is 4.52. The summed E-state index contributed by atoms with van der Waals surface area (Å²) in [4.78, 5) is 11.1. The molecular weight excluding hydrogens is 386 g/mol. The molecule has 2 saturated heterocycles. The minimum atomic E-state index is -1.91. The maximum absolute atomic E-state index is 11.1. The summed E-state index contributed by atoms with van der Waals surface area (Å²) in [6, 6.07) is 0. The summed E-state index contributed by atoms with van der Waals surface area (Å²) in [7, 11) is 0. The molecule has 0 aliphatic carbocycles. The van der Waals surface area contributed by atoms with Crippen molar-refractivity contribution in [2.75, 3.05) is 19.9 Å². The van der Waals surface area contributed by atoms with Gasteiger partial charge in [-0.25, -0.2) is 4.79 Å². The van der Waals surface area contributed by atoms with Crippen LogP contribution in [0.15, 0.2) is 0 Å². The van der Waals surface area contributed by atoms with Gasteiger partial charge in [-0.3, -0.25) is 5.32 Å². The molecule has 0 radical (unpaired) electrons. The zero-order valence-electron chi connectivity index (χ0n) is 15.1. The van der Waals surface area contributed by atoms with Gasteiger partial charge < -0.3 is 54.7 Å². The summed E-state index contributed by atoms with van der Waals surface area (Å²) in [5.41, 5.74) is 0. The largest absolute Gasteiger partial charge is 0.479 e. The number of aliphatic hydroxyl groups excluding tert-OH is 6. The maximum Gasteiger partial charge on any atom is 0.335 e. The molecule has 0 aromatic carbocycles. The first-order chi connectivity index (χ1) is 13.2. The number of hydrogen-bond acceptors (Lipinski definition) is 12.